The average Bonchev–Trinajstić information content (AvgIpc) is 2.66. The van der Waals surface area contributed by atoms with Gasteiger partial charge >= 0.3 is 6.03 Å². The number of nitrogens with one attached hydrogen (secondary N) is 1. The second kappa shape index (κ2) is 7.84. The Hall–Kier alpha value is -2.80. The van der Waals surface area contributed by atoms with Crippen molar-refractivity contribution in [1.82, 2.24) is 0 Å². The third kappa shape index (κ3) is 3.83. The first-order chi connectivity index (χ1) is 13.0. The molecule has 8 heteroatoms. The van der Waals surface area contributed by atoms with E-state index < -0.39 is 0 Å². The van der Waals surface area contributed by atoms with Gasteiger partial charge in [0.25, 0.3) is 0 Å². The highest BCUT2D eigenvalue weighted by atomic mass is 35.5. The van der Waals surface area contributed by atoms with Crippen LogP contribution in [0.4, 0.5) is 16.2 Å². The van der Waals surface area contributed by atoms with E-state index >= 15 is 0 Å². The van der Waals surface area contributed by atoms with Crippen molar-refractivity contribution in [2.75, 3.05) is 38.1 Å². The Kier molecular flexibility index (Phi) is 5.51. The van der Waals surface area contributed by atoms with Gasteiger partial charge in [-0.3, -0.25) is 4.90 Å². The molecular weight excluding hydrogens is 372 g/mol. The van der Waals surface area contributed by atoms with E-state index in [1.165, 1.54) is 21.3 Å². The van der Waals surface area contributed by atoms with E-state index in [0.29, 0.717) is 45.9 Å². The van der Waals surface area contributed by atoms with E-state index in [-0.39, 0.29) is 12.1 Å². The topological polar surface area (TPSA) is 69.3 Å². The molecule has 0 spiro atoms. The van der Waals surface area contributed by atoms with Gasteiger partial charge in [-0.25, -0.2) is 4.79 Å². The number of methoxy groups -OCH3 is 3. The SMILES string of the molecule is COc1cc(NC(=O)N2C[C@@H](C)Oc3ccc(Cl)cc32)cc(OC)c1OC. The Labute approximate surface area is 162 Å². The van der Waals surface area contributed by atoms with Crippen molar-refractivity contribution in [3.63, 3.8) is 0 Å². The maximum absolute atomic E-state index is 12.9. The van der Waals surface area contributed by atoms with Crippen molar-refractivity contribution in [1.29, 1.82) is 0 Å². The van der Waals surface area contributed by atoms with Gasteiger partial charge in [0.1, 0.15) is 11.9 Å². The van der Waals surface area contributed by atoms with E-state index in [0.717, 1.165) is 0 Å². The van der Waals surface area contributed by atoms with Gasteiger partial charge in [0.05, 0.1) is 39.2 Å². The molecule has 27 heavy (non-hydrogen) atoms. The Balaban J connectivity index is 1.91. The molecule has 0 radical (unpaired) electrons. The van der Waals surface area contributed by atoms with Crippen LogP contribution in [0.3, 0.4) is 0 Å². The summed E-state index contributed by atoms with van der Waals surface area (Å²) in [6, 6.07) is 8.21. The number of amides is 2. The van der Waals surface area contributed by atoms with E-state index in [1.54, 1.807) is 35.2 Å². The van der Waals surface area contributed by atoms with Crippen molar-refractivity contribution in [3.8, 4) is 23.0 Å². The minimum Gasteiger partial charge on any atom is -0.493 e. The number of benzene rings is 2. The maximum atomic E-state index is 12.9. The number of carbonyl (C=O) groups excluding carboxylic acids is 1. The fourth-order valence-electron chi connectivity index (χ4n) is 2.95. The summed E-state index contributed by atoms with van der Waals surface area (Å²) in [5.74, 6) is 1.96. The molecule has 144 valence electrons. The summed E-state index contributed by atoms with van der Waals surface area (Å²) in [5.41, 5.74) is 1.13. The zero-order chi connectivity index (χ0) is 19.6. The molecule has 0 aromatic heterocycles. The van der Waals surface area contributed by atoms with Crippen molar-refractivity contribution in [2.24, 2.45) is 0 Å². The minimum atomic E-state index is -0.317. The van der Waals surface area contributed by atoms with Gasteiger partial charge in [-0.05, 0) is 25.1 Å². The Morgan fingerprint density at radius 2 is 1.81 bits per heavy atom. The molecule has 2 amide bonds. The van der Waals surface area contributed by atoms with Gasteiger partial charge in [-0.2, -0.15) is 0 Å². The molecule has 1 aliphatic heterocycles. The lowest BCUT2D eigenvalue weighted by Gasteiger charge is -2.33. The van der Waals surface area contributed by atoms with Crippen LogP contribution in [-0.2, 0) is 0 Å². The molecule has 2 aromatic rings. The normalized spacial score (nSPS) is 15.4. The third-order valence-corrected chi connectivity index (χ3v) is 4.38. The number of urea groups is 1. The highest BCUT2D eigenvalue weighted by molar-refractivity contribution is 6.31. The van der Waals surface area contributed by atoms with Crippen molar-refractivity contribution in [3.05, 3.63) is 35.4 Å². The molecule has 3 rings (SSSR count). The second-order valence-corrected chi connectivity index (χ2v) is 6.43. The summed E-state index contributed by atoms with van der Waals surface area (Å²) in [4.78, 5) is 14.5. The largest absolute Gasteiger partial charge is 0.493 e. The van der Waals surface area contributed by atoms with Gasteiger partial charge < -0.3 is 24.3 Å². The number of halogens is 1. The first-order valence-corrected chi connectivity index (χ1v) is 8.69. The Bertz CT molecular complexity index is 833. The van der Waals surface area contributed by atoms with E-state index in [2.05, 4.69) is 5.32 Å². The number of nitrogens with zero attached hydrogens (tertiary/aromatic N) is 1. The fraction of sp³-hybridized carbons (Fsp3) is 0.316. The third-order valence-electron chi connectivity index (χ3n) is 4.14. The average molecular weight is 393 g/mol. The zero-order valence-electron chi connectivity index (χ0n) is 15.5. The van der Waals surface area contributed by atoms with Crippen molar-refractivity contribution < 1.29 is 23.7 Å². The number of rotatable bonds is 4. The van der Waals surface area contributed by atoms with E-state index in [4.69, 9.17) is 30.5 Å². The number of fused-ring (bicyclic) bond motifs is 1. The molecule has 0 saturated heterocycles. The number of carbonyl (C=O) groups is 1. The molecule has 0 bridgehead atoms. The van der Waals surface area contributed by atoms with Gasteiger partial charge in [0.15, 0.2) is 11.5 Å². The lowest BCUT2D eigenvalue weighted by Crippen LogP contribution is -2.44. The molecule has 2 aromatic carbocycles. The number of hydrogen-bond donors (Lipinski definition) is 1. The van der Waals surface area contributed by atoms with Gasteiger partial charge in [0.2, 0.25) is 5.75 Å². The summed E-state index contributed by atoms with van der Waals surface area (Å²) in [6.45, 7) is 2.29. The number of hydrogen-bond acceptors (Lipinski definition) is 5. The molecule has 0 saturated carbocycles. The zero-order valence-corrected chi connectivity index (χ0v) is 16.3. The molecule has 1 N–H and O–H groups in total. The summed E-state index contributed by atoms with van der Waals surface area (Å²) in [5, 5.41) is 3.39. The maximum Gasteiger partial charge on any atom is 0.326 e. The molecule has 0 aliphatic carbocycles. The molecular formula is C19H21ClN2O5. The minimum absolute atomic E-state index is 0.149. The number of ether oxygens (including phenoxy) is 4. The lowest BCUT2D eigenvalue weighted by atomic mass is 10.2. The number of anilines is 2. The van der Waals surface area contributed by atoms with Crippen LogP contribution >= 0.6 is 11.6 Å². The standard InChI is InChI=1S/C19H21ClN2O5/c1-11-10-22(14-7-12(20)5-6-15(14)27-11)19(23)21-13-8-16(24-2)18(26-4)17(9-13)25-3/h5-9,11H,10H2,1-4H3,(H,21,23)/t11-/m1/s1. The summed E-state index contributed by atoms with van der Waals surface area (Å²) in [7, 11) is 4.56. The molecule has 0 unspecified atom stereocenters. The van der Waals surface area contributed by atoms with Crippen LogP contribution in [0.1, 0.15) is 6.92 Å². The van der Waals surface area contributed by atoms with Gasteiger partial charge in [-0.1, -0.05) is 11.6 Å². The second-order valence-electron chi connectivity index (χ2n) is 6.00. The van der Waals surface area contributed by atoms with Crippen molar-refractivity contribution >= 4 is 29.0 Å². The molecule has 0 fully saturated rings. The smallest absolute Gasteiger partial charge is 0.326 e. The first-order valence-electron chi connectivity index (χ1n) is 8.31. The summed E-state index contributed by atoms with van der Waals surface area (Å²) in [6.07, 6.45) is -0.149. The van der Waals surface area contributed by atoms with Crippen LogP contribution in [0, 0.1) is 0 Å². The van der Waals surface area contributed by atoms with Crippen LogP contribution in [0.15, 0.2) is 30.3 Å². The molecule has 1 atom stereocenters. The van der Waals surface area contributed by atoms with Crippen LogP contribution in [0.2, 0.25) is 5.02 Å². The van der Waals surface area contributed by atoms with Crippen LogP contribution in [0.5, 0.6) is 23.0 Å². The summed E-state index contributed by atoms with van der Waals surface area (Å²) < 4.78 is 21.7. The Morgan fingerprint density at radius 1 is 1.15 bits per heavy atom. The predicted octanol–water partition coefficient (Wildman–Crippen LogP) is 4.19. The molecule has 7 nitrogen and oxygen atoms in total. The van der Waals surface area contributed by atoms with Crippen LogP contribution in [0.25, 0.3) is 0 Å². The summed E-state index contributed by atoms with van der Waals surface area (Å²) >= 11 is 6.09. The first kappa shape index (κ1) is 19.0. The predicted molar refractivity (Wildman–Crippen MR) is 104 cm³/mol. The lowest BCUT2D eigenvalue weighted by molar-refractivity contribution is 0.208. The van der Waals surface area contributed by atoms with E-state index in [9.17, 15) is 4.79 Å². The monoisotopic (exact) mass is 392 g/mol. The Morgan fingerprint density at radius 3 is 2.41 bits per heavy atom. The highest BCUT2D eigenvalue weighted by Gasteiger charge is 2.28. The van der Waals surface area contributed by atoms with Gasteiger partial charge in [-0.15, -0.1) is 0 Å². The van der Waals surface area contributed by atoms with Gasteiger partial charge in [0, 0.05) is 17.2 Å². The fourth-order valence-corrected chi connectivity index (χ4v) is 3.11. The van der Waals surface area contributed by atoms with Crippen molar-refractivity contribution in [2.45, 2.75) is 13.0 Å². The molecule has 1 heterocycles. The van der Waals surface area contributed by atoms with E-state index in [1.807, 2.05) is 6.92 Å². The molecule has 1 aliphatic rings. The highest BCUT2D eigenvalue weighted by Crippen LogP contribution is 2.40. The quantitative estimate of drug-likeness (QED) is 0.845. The van der Waals surface area contributed by atoms with Crippen LogP contribution < -0.4 is 29.2 Å². The van der Waals surface area contributed by atoms with Crippen LogP contribution in [-0.4, -0.2) is 40.0 Å².